The highest BCUT2D eigenvalue weighted by molar-refractivity contribution is 8.77. The Kier molecular flexibility index (Phi) is 9.23. The van der Waals surface area contributed by atoms with E-state index in [0.29, 0.717) is 11.2 Å². The lowest BCUT2D eigenvalue weighted by Gasteiger charge is -2.36. The molecule has 0 amide bonds. The summed E-state index contributed by atoms with van der Waals surface area (Å²) >= 11 is 0. The van der Waals surface area contributed by atoms with Crippen LogP contribution in [-0.2, 0) is 0 Å². The Hall–Kier alpha value is -0.440. The zero-order valence-electron chi connectivity index (χ0n) is 18.7. The molecule has 0 radical (unpaired) electrons. The third-order valence-corrected chi connectivity index (χ3v) is 10.7. The number of aromatic nitrogens is 4. The summed E-state index contributed by atoms with van der Waals surface area (Å²) in [6.45, 7) is 13.0. The molecular weight excluding hydrogens is 449 g/mol. The maximum atomic E-state index is 4.59. The molecule has 4 atom stereocenters. The highest BCUT2D eigenvalue weighted by atomic mass is 33.1. The van der Waals surface area contributed by atoms with Crippen molar-refractivity contribution in [3.8, 4) is 0 Å². The number of aryl methyl sites for hydroxylation is 4. The highest BCUT2D eigenvalue weighted by Gasteiger charge is 2.31. The molecule has 2 aromatic rings. The van der Waals surface area contributed by atoms with Crippen LogP contribution in [0.2, 0.25) is 0 Å². The first-order valence-electron chi connectivity index (χ1n) is 10.6. The van der Waals surface area contributed by atoms with Crippen LogP contribution in [0.5, 0.6) is 0 Å². The van der Waals surface area contributed by atoms with E-state index in [1.165, 1.54) is 19.3 Å². The lowest BCUT2D eigenvalue weighted by molar-refractivity contribution is 0.245. The Balaban J connectivity index is 1.48. The maximum absolute atomic E-state index is 4.59. The zero-order valence-corrected chi connectivity index (χ0v) is 22.0. The summed E-state index contributed by atoms with van der Waals surface area (Å²) < 4.78 is 0. The average Bonchev–Trinajstić information content (AvgIpc) is 2.65. The van der Waals surface area contributed by atoms with Crippen LogP contribution in [0.3, 0.4) is 0 Å². The molecule has 164 valence electrons. The van der Waals surface area contributed by atoms with Crippen molar-refractivity contribution >= 4 is 43.2 Å². The third kappa shape index (κ3) is 7.31. The van der Waals surface area contributed by atoms with Gasteiger partial charge in [-0.3, -0.25) is 0 Å². The molecule has 1 aliphatic rings. The van der Waals surface area contributed by atoms with E-state index in [1.807, 2.05) is 61.4 Å². The molecule has 4 unspecified atom stereocenters. The molecule has 0 aliphatic heterocycles. The Morgan fingerprint density at radius 3 is 1.97 bits per heavy atom. The zero-order chi connectivity index (χ0) is 21.7. The molecule has 0 saturated heterocycles. The van der Waals surface area contributed by atoms with Gasteiger partial charge in [0.15, 0.2) is 10.3 Å². The summed E-state index contributed by atoms with van der Waals surface area (Å²) in [5, 5.41) is 2.46. The average molecular weight is 481 g/mol. The van der Waals surface area contributed by atoms with Gasteiger partial charge >= 0.3 is 0 Å². The second-order valence-electron chi connectivity index (χ2n) is 8.48. The summed E-state index contributed by atoms with van der Waals surface area (Å²) in [6, 6.07) is 4.06. The van der Waals surface area contributed by atoms with Crippen molar-refractivity contribution in [3.63, 3.8) is 0 Å². The van der Waals surface area contributed by atoms with E-state index in [2.05, 4.69) is 33.8 Å². The topological polar surface area (TPSA) is 51.6 Å². The van der Waals surface area contributed by atoms with Crippen LogP contribution in [0.1, 0.15) is 55.9 Å². The second kappa shape index (κ2) is 11.4. The fourth-order valence-electron chi connectivity index (χ4n) is 3.86. The van der Waals surface area contributed by atoms with Gasteiger partial charge in [-0.2, -0.15) is 0 Å². The molecule has 1 aliphatic carbocycles. The van der Waals surface area contributed by atoms with E-state index in [4.69, 9.17) is 0 Å². The monoisotopic (exact) mass is 480 g/mol. The first-order chi connectivity index (χ1) is 14.3. The molecule has 3 rings (SSSR count). The van der Waals surface area contributed by atoms with E-state index in [0.717, 1.165) is 50.7 Å². The van der Waals surface area contributed by atoms with Crippen LogP contribution >= 0.6 is 43.2 Å². The van der Waals surface area contributed by atoms with E-state index < -0.39 is 0 Å². The molecule has 0 N–H and O–H groups in total. The molecule has 1 fully saturated rings. The minimum Gasteiger partial charge on any atom is -0.227 e. The van der Waals surface area contributed by atoms with Gasteiger partial charge in [-0.15, -0.1) is 0 Å². The van der Waals surface area contributed by atoms with Crippen molar-refractivity contribution in [2.24, 2.45) is 17.8 Å². The van der Waals surface area contributed by atoms with E-state index in [-0.39, 0.29) is 0 Å². The summed E-state index contributed by atoms with van der Waals surface area (Å²) in [4.78, 5) is 18.3. The predicted molar refractivity (Wildman–Crippen MR) is 134 cm³/mol. The second-order valence-corrected chi connectivity index (χ2v) is 13.2. The normalized spacial score (nSPS) is 22.8. The fourth-order valence-corrected chi connectivity index (χ4v) is 9.15. The van der Waals surface area contributed by atoms with Crippen molar-refractivity contribution in [1.29, 1.82) is 0 Å². The minimum absolute atomic E-state index is 0.668. The van der Waals surface area contributed by atoms with Gasteiger partial charge in [0, 0.05) is 33.8 Å². The number of hydrogen-bond acceptors (Lipinski definition) is 8. The molecule has 0 spiro atoms. The van der Waals surface area contributed by atoms with Crippen LogP contribution in [-0.4, -0.2) is 30.9 Å². The van der Waals surface area contributed by atoms with Crippen LogP contribution < -0.4 is 0 Å². The summed E-state index contributed by atoms with van der Waals surface area (Å²) in [5.74, 6) is 3.38. The lowest BCUT2D eigenvalue weighted by atomic mass is 9.77. The van der Waals surface area contributed by atoms with Crippen LogP contribution in [0.4, 0.5) is 0 Å². The first-order valence-corrected chi connectivity index (χ1v) is 15.1. The summed E-state index contributed by atoms with van der Waals surface area (Å²) in [5.41, 5.74) is 4.20. The molecule has 4 nitrogen and oxygen atoms in total. The van der Waals surface area contributed by atoms with Crippen molar-refractivity contribution < 1.29 is 0 Å². The molecule has 2 aromatic heterocycles. The van der Waals surface area contributed by atoms with Gasteiger partial charge < -0.3 is 0 Å². The number of hydrogen-bond donors (Lipinski definition) is 0. The van der Waals surface area contributed by atoms with Crippen LogP contribution in [0, 0.1) is 45.4 Å². The van der Waals surface area contributed by atoms with Crippen LogP contribution in [0.15, 0.2) is 22.4 Å². The molecule has 1 saturated carbocycles. The SMILES string of the molecule is Cc1cc(C)nc(SSCC(C)C2CCC(C)C(SSc3nc(C)cc(C)n3)C2)n1. The highest BCUT2D eigenvalue weighted by Crippen LogP contribution is 2.46. The fraction of sp³-hybridized carbons (Fsp3) is 0.636. The predicted octanol–water partition coefficient (Wildman–Crippen LogP) is 7.12. The standard InChI is InChI=1S/C22H32N4S4/c1-13-7-8-19(11-20(13)28-30-22-25-17(5)10-18(6)26-22)14(2)12-27-29-21-23-15(3)9-16(4)24-21/h9-10,13-14,19-20H,7-8,11-12H2,1-6H3. The Labute approximate surface area is 197 Å². The van der Waals surface area contributed by atoms with Gasteiger partial charge in [0.05, 0.1) is 0 Å². The summed E-state index contributed by atoms with van der Waals surface area (Å²) in [6.07, 6.45) is 3.95. The minimum atomic E-state index is 0.668. The molecule has 0 aromatic carbocycles. The summed E-state index contributed by atoms with van der Waals surface area (Å²) in [7, 11) is 7.36. The quantitative estimate of drug-likeness (QED) is 0.292. The largest absolute Gasteiger partial charge is 0.227 e. The maximum Gasteiger partial charge on any atom is 0.198 e. The van der Waals surface area contributed by atoms with Gasteiger partial charge in [0.2, 0.25) is 0 Å². The van der Waals surface area contributed by atoms with E-state index in [9.17, 15) is 0 Å². The third-order valence-electron chi connectivity index (χ3n) is 5.60. The first kappa shape index (κ1) is 24.2. The molecule has 30 heavy (non-hydrogen) atoms. The molecule has 2 heterocycles. The van der Waals surface area contributed by atoms with Crippen LogP contribution in [0.25, 0.3) is 0 Å². The number of nitrogens with zero attached hydrogens (tertiary/aromatic N) is 4. The van der Waals surface area contributed by atoms with Gasteiger partial charge in [-0.1, -0.05) is 35.4 Å². The molecular formula is C22H32N4S4. The Bertz CT molecular complexity index is 807. The van der Waals surface area contributed by atoms with Crippen molar-refractivity contribution in [2.45, 2.75) is 76.4 Å². The smallest absolute Gasteiger partial charge is 0.198 e. The van der Waals surface area contributed by atoms with E-state index in [1.54, 1.807) is 21.6 Å². The molecule has 8 heteroatoms. The van der Waals surface area contributed by atoms with Gasteiger partial charge in [-0.25, -0.2) is 19.9 Å². The van der Waals surface area contributed by atoms with Crippen molar-refractivity contribution in [2.75, 3.05) is 5.75 Å². The van der Waals surface area contributed by atoms with Gasteiger partial charge in [0.1, 0.15) is 0 Å². The van der Waals surface area contributed by atoms with E-state index >= 15 is 0 Å². The number of rotatable bonds is 8. The van der Waals surface area contributed by atoms with Crippen molar-refractivity contribution in [1.82, 2.24) is 19.9 Å². The molecule has 0 bridgehead atoms. The van der Waals surface area contributed by atoms with Gasteiger partial charge in [-0.05, 0) is 98.4 Å². The Morgan fingerprint density at radius 1 is 0.867 bits per heavy atom. The Morgan fingerprint density at radius 2 is 1.40 bits per heavy atom. The van der Waals surface area contributed by atoms with Gasteiger partial charge in [0.25, 0.3) is 0 Å². The lowest BCUT2D eigenvalue weighted by Crippen LogP contribution is -2.29. The van der Waals surface area contributed by atoms with Crippen molar-refractivity contribution in [3.05, 3.63) is 34.9 Å².